The molecule has 2 aromatic carbocycles. The molecule has 0 aromatic heterocycles. The van der Waals surface area contributed by atoms with Gasteiger partial charge in [0.25, 0.3) is 5.91 Å². The molecule has 7 heteroatoms. The molecule has 0 saturated carbocycles. The molecule has 0 aliphatic carbocycles. The van der Waals surface area contributed by atoms with Crippen molar-refractivity contribution in [3.8, 4) is 11.5 Å². The van der Waals surface area contributed by atoms with Crippen molar-refractivity contribution in [3.63, 3.8) is 0 Å². The highest BCUT2D eigenvalue weighted by Crippen LogP contribution is 2.38. The molecule has 0 fully saturated rings. The minimum Gasteiger partial charge on any atom is -0.497 e. The number of carbonyl (C=O) groups excluding carboxylic acids is 2. The summed E-state index contributed by atoms with van der Waals surface area (Å²) in [6, 6.07) is 13.3. The topological polar surface area (TPSA) is 68.3 Å². The van der Waals surface area contributed by atoms with E-state index in [1.807, 2.05) is 61.5 Å². The van der Waals surface area contributed by atoms with Gasteiger partial charge in [-0.3, -0.25) is 9.59 Å². The summed E-state index contributed by atoms with van der Waals surface area (Å²) in [4.78, 5) is 29.4. The van der Waals surface area contributed by atoms with Crippen molar-refractivity contribution in [1.82, 2.24) is 4.90 Å². The van der Waals surface area contributed by atoms with Gasteiger partial charge in [0.05, 0.1) is 14.2 Å². The SMILES string of the molecule is COc1ccc(C2Cc3cc(OC)ccc3N(CCN(C)C)C(=O)C2OC(C)=O)cc1. The van der Waals surface area contributed by atoms with Gasteiger partial charge < -0.3 is 24.0 Å². The van der Waals surface area contributed by atoms with E-state index < -0.39 is 12.1 Å². The van der Waals surface area contributed by atoms with E-state index in [4.69, 9.17) is 14.2 Å². The van der Waals surface area contributed by atoms with Gasteiger partial charge in [-0.05, 0) is 62.0 Å². The van der Waals surface area contributed by atoms with Crippen LogP contribution in [0, 0.1) is 0 Å². The largest absolute Gasteiger partial charge is 0.497 e. The van der Waals surface area contributed by atoms with Crippen LogP contribution in [0.15, 0.2) is 42.5 Å². The van der Waals surface area contributed by atoms with E-state index in [0.717, 1.165) is 28.3 Å². The van der Waals surface area contributed by atoms with Gasteiger partial charge in [-0.25, -0.2) is 0 Å². The van der Waals surface area contributed by atoms with Crippen LogP contribution in [0.3, 0.4) is 0 Å². The molecule has 0 radical (unpaired) electrons. The molecule has 2 aromatic rings. The van der Waals surface area contributed by atoms with Gasteiger partial charge in [0.1, 0.15) is 11.5 Å². The molecule has 1 aliphatic heterocycles. The van der Waals surface area contributed by atoms with Crippen LogP contribution in [0.5, 0.6) is 11.5 Å². The summed E-state index contributed by atoms with van der Waals surface area (Å²) in [5.74, 6) is 0.410. The number of esters is 1. The monoisotopic (exact) mass is 426 g/mol. The first-order chi connectivity index (χ1) is 14.8. The van der Waals surface area contributed by atoms with E-state index >= 15 is 0 Å². The summed E-state index contributed by atoms with van der Waals surface area (Å²) in [5, 5.41) is 0. The maximum Gasteiger partial charge on any atom is 0.303 e. The lowest BCUT2D eigenvalue weighted by Crippen LogP contribution is -2.45. The number of benzene rings is 2. The highest BCUT2D eigenvalue weighted by Gasteiger charge is 2.40. The third-order valence-electron chi connectivity index (χ3n) is 5.50. The van der Waals surface area contributed by atoms with Gasteiger partial charge in [-0.1, -0.05) is 12.1 Å². The predicted molar refractivity (Wildman–Crippen MR) is 119 cm³/mol. The third kappa shape index (κ3) is 5.17. The quantitative estimate of drug-likeness (QED) is 0.635. The molecule has 166 valence electrons. The van der Waals surface area contributed by atoms with Crippen molar-refractivity contribution in [3.05, 3.63) is 53.6 Å². The standard InChI is InChI=1S/C24H30N2O5/c1-16(27)31-23-21(17-6-8-19(29-4)9-7-17)15-18-14-20(30-5)10-11-22(18)26(24(23)28)13-12-25(2)3/h6-11,14,21,23H,12-13,15H2,1-5H3. The van der Waals surface area contributed by atoms with E-state index in [9.17, 15) is 9.59 Å². The van der Waals surface area contributed by atoms with Gasteiger partial charge in [-0.2, -0.15) is 0 Å². The highest BCUT2D eigenvalue weighted by molar-refractivity contribution is 6.00. The van der Waals surface area contributed by atoms with Crippen LogP contribution >= 0.6 is 0 Å². The zero-order valence-electron chi connectivity index (χ0n) is 18.8. The van der Waals surface area contributed by atoms with Crippen molar-refractivity contribution in [2.45, 2.75) is 25.4 Å². The van der Waals surface area contributed by atoms with Crippen LogP contribution in [-0.2, 0) is 20.7 Å². The normalized spacial score (nSPS) is 18.4. The fraction of sp³-hybridized carbons (Fsp3) is 0.417. The molecule has 2 atom stereocenters. The number of nitrogens with zero attached hydrogens (tertiary/aromatic N) is 2. The summed E-state index contributed by atoms with van der Waals surface area (Å²) in [7, 11) is 7.15. The van der Waals surface area contributed by atoms with Gasteiger partial charge >= 0.3 is 5.97 Å². The molecule has 0 saturated heterocycles. The third-order valence-corrected chi connectivity index (χ3v) is 5.50. The Morgan fingerprint density at radius 3 is 2.29 bits per heavy atom. The van der Waals surface area contributed by atoms with Crippen molar-refractivity contribution in [1.29, 1.82) is 0 Å². The van der Waals surface area contributed by atoms with Crippen LogP contribution < -0.4 is 14.4 Å². The number of anilines is 1. The van der Waals surface area contributed by atoms with E-state index in [1.54, 1.807) is 19.1 Å². The minimum atomic E-state index is -0.925. The maximum atomic E-state index is 13.7. The summed E-state index contributed by atoms with van der Waals surface area (Å²) in [6.45, 7) is 2.50. The Kier molecular flexibility index (Phi) is 7.17. The Bertz CT molecular complexity index is 926. The Labute approximate surface area is 183 Å². The molecule has 31 heavy (non-hydrogen) atoms. The minimum absolute atomic E-state index is 0.221. The number of hydrogen-bond acceptors (Lipinski definition) is 6. The Morgan fingerprint density at radius 2 is 1.71 bits per heavy atom. The van der Waals surface area contributed by atoms with Crippen LogP contribution in [0.25, 0.3) is 0 Å². The van der Waals surface area contributed by atoms with Crippen LogP contribution in [0.4, 0.5) is 5.69 Å². The average Bonchev–Trinajstić information content (AvgIpc) is 2.86. The summed E-state index contributed by atoms with van der Waals surface area (Å²) >= 11 is 0. The average molecular weight is 427 g/mol. The number of ether oxygens (including phenoxy) is 3. The second kappa shape index (κ2) is 9.83. The Balaban J connectivity index is 2.11. The lowest BCUT2D eigenvalue weighted by atomic mass is 9.87. The van der Waals surface area contributed by atoms with E-state index in [1.165, 1.54) is 6.92 Å². The number of likely N-dealkylation sites (N-methyl/N-ethyl adjacent to an activating group) is 1. The van der Waals surface area contributed by atoms with Crippen LogP contribution in [0.2, 0.25) is 0 Å². The first-order valence-corrected chi connectivity index (χ1v) is 10.3. The molecule has 0 bridgehead atoms. The molecule has 1 heterocycles. The Hall–Kier alpha value is -3.06. The number of methoxy groups -OCH3 is 2. The molecular weight excluding hydrogens is 396 g/mol. The number of rotatable bonds is 7. The first-order valence-electron chi connectivity index (χ1n) is 10.3. The highest BCUT2D eigenvalue weighted by atomic mass is 16.5. The lowest BCUT2D eigenvalue weighted by molar-refractivity contribution is -0.154. The van der Waals surface area contributed by atoms with Crippen molar-refractivity contribution in [2.24, 2.45) is 0 Å². The van der Waals surface area contributed by atoms with Gasteiger partial charge in [0.15, 0.2) is 6.10 Å². The van der Waals surface area contributed by atoms with E-state index in [-0.39, 0.29) is 11.8 Å². The molecule has 0 N–H and O–H groups in total. The number of hydrogen-bond donors (Lipinski definition) is 0. The van der Waals surface area contributed by atoms with E-state index in [0.29, 0.717) is 19.5 Å². The van der Waals surface area contributed by atoms with Crippen molar-refractivity contribution < 1.29 is 23.8 Å². The molecule has 2 unspecified atom stereocenters. The number of carbonyl (C=O) groups is 2. The lowest BCUT2D eigenvalue weighted by Gasteiger charge is -2.29. The zero-order valence-corrected chi connectivity index (χ0v) is 18.8. The second-order valence-electron chi connectivity index (χ2n) is 7.90. The van der Waals surface area contributed by atoms with Crippen LogP contribution in [-0.4, -0.2) is 64.3 Å². The van der Waals surface area contributed by atoms with Gasteiger partial charge in [0.2, 0.25) is 0 Å². The molecule has 1 aliphatic rings. The predicted octanol–water partition coefficient (Wildman–Crippen LogP) is 2.87. The zero-order chi connectivity index (χ0) is 22.5. The first kappa shape index (κ1) is 22.6. The van der Waals surface area contributed by atoms with Gasteiger partial charge in [0, 0.05) is 31.6 Å². The molecule has 3 rings (SSSR count). The molecule has 1 amide bonds. The Morgan fingerprint density at radius 1 is 1.06 bits per heavy atom. The van der Waals surface area contributed by atoms with Gasteiger partial charge in [-0.15, -0.1) is 0 Å². The fourth-order valence-corrected chi connectivity index (χ4v) is 3.89. The molecule has 0 spiro atoms. The maximum absolute atomic E-state index is 13.7. The smallest absolute Gasteiger partial charge is 0.303 e. The summed E-state index contributed by atoms with van der Waals surface area (Å²) in [5.41, 5.74) is 2.70. The summed E-state index contributed by atoms with van der Waals surface area (Å²) < 4.78 is 16.3. The summed E-state index contributed by atoms with van der Waals surface area (Å²) in [6.07, 6.45) is -0.396. The van der Waals surface area contributed by atoms with E-state index in [2.05, 4.69) is 0 Å². The van der Waals surface area contributed by atoms with Crippen molar-refractivity contribution in [2.75, 3.05) is 46.3 Å². The van der Waals surface area contributed by atoms with Crippen molar-refractivity contribution >= 4 is 17.6 Å². The molecule has 7 nitrogen and oxygen atoms in total. The van der Waals surface area contributed by atoms with Crippen LogP contribution in [0.1, 0.15) is 24.0 Å². The fourth-order valence-electron chi connectivity index (χ4n) is 3.89. The molecular formula is C24H30N2O5. The second-order valence-corrected chi connectivity index (χ2v) is 7.90. The number of amides is 1. The number of fused-ring (bicyclic) bond motifs is 1.